The van der Waals surface area contributed by atoms with Crippen molar-refractivity contribution in [2.45, 2.75) is 67.3 Å². The lowest BCUT2D eigenvalue weighted by Gasteiger charge is -2.40. The van der Waals surface area contributed by atoms with Crippen LogP contribution in [0.25, 0.3) is 0 Å². The van der Waals surface area contributed by atoms with Gasteiger partial charge in [0.15, 0.2) is 0 Å². The van der Waals surface area contributed by atoms with Gasteiger partial charge in [-0.1, -0.05) is 69.0 Å². The molecule has 0 spiro atoms. The van der Waals surface area contributed by atoms with Crippen LogP contribution in [0.1, 0.15) is 77.9 Å². The summed E-state index contributed by atoms with van der Waals surface area (Å²) >= 11 is 0. The van der Waals surface area contributed by atoms with E-state index in [1.807, 2.05) is 51.1 Å². The lowest BCUT2D eigenvalue weighted by atomic mass is 9.83. The summed E-state index contributed by atoms with van der Waals surface area (Å²) in [5.41, 5.74) is 7.01. The number of aryl methyl sites for hydroxylation is 3. The van der Waals surface area contributed by atoms with E-state index < -0.39 is 0 Å². The zero-order chi connectivity index (χ0) is 21.8. The summed E-state index contributed by atoms with van der Waals surface area (Å²) in [6.07, 6.45) is 1.72. The van der Waals surface area contributed by atoms with Crippen molar-refractivity contribution in [1.82, 2.24) is 10.4 Å². The summed E-state index contributed by atoms with van der Waals surface area (Å²) in [6.45, 7) is 14.3. The van der Waals surface area contributed by atoms with E-state index in [0.717, 1.165) is 29.5 Å². The fourth-order valence-corrected chi connectivity index (χ4v) is 3.61. The van der Waals surface area contributed by atoms with Gasteiger partial charge in [0.2, 0.25) is 0 Å². The van der Waals surface area contributed by atoms with Gasteiger partial charge in [0.05, 0.1) is 6.04 Å². The first-order valence-electron chi connectivity index (χ1n) is 10.3. The van der Waals surface area contributed by atoms with Crippen LogP contribution in [-0.4, -0.2) is 22.9 Å². The van der Waals surface area contributed by atoms with Crippen molar-refractivity contribution in [2.24, 2.45) is 5.41 Å². The minimum atomic E-state index is -0.270. The maximum absolute atomic E-state index is 13.5. The second-order valence-corrected chi connectivity index (χ2v) is 9.03. The highest BCUT2D eigenvalue weighted by molar-refractivity contribution is 5.99. The number of hydrogen-bond donors (Lipinski definition) is 1. The molecular weight excluding hydrogens is 360 g/mol. The molecule has 0 fully saturated rings. The van der Waals surface area contributed by atoms with Gasteiger partial charge in [-0.05, 0) is 56.9 Å². The highest BCUT2D eigenvalue weighted by Gasteiger charge is 2.35. The fraction of sp³-hybridized carbons (Fsp3) is 0.440. The van der Waals surface area contributed by atoms with E-state index in [1.54, 1.807) is 17.1 Å². The standard InChI is InChI=1S/C25H34N2O2/c1-8-9-22(25(5,6)7)27(24(29)21-15-18(3)14-19(4)16-21)26-23(28)20-12-10-17(2)11-13-20/h10-16,22H,8-9H2,1-7H3,(H,26,28)/t22-/m1/s1. The van der Waals surface area contributed by atoms with E-state index in [9.17, 15) is 9.59 Å². The molecule has 2 rings (SSSR count). The van der Waals surface area contributed by atoms with Crippen LogP contribution in [0, 0.1) is 26.2 Å². The quantitative estimate of drug-likeness (QED) is 0.670. The molecule has 0 aromatic heterocycles. The highest BCUT2D eigenvalue weighted by Crippen LogP contribution is 2.29. The van der Waals surface area contributed by atoms with Gasteiger partial charge in [-0.2, -0.15) is 0 Å². The predicted molar refractivity (Wildman–Crippen MR) is 119 cm³/mol. The molecule has 0 bridgehead atoms. The summed E-state index contributed by atoms with van der Waals surface area (Å²) in [5.74, 6) is -0.446. The zero-order valence-corrected chi connectivity index (χ0v) is 18.8. The molecule has 0 aliphatic heterocycles. The fourth-order valence-electron chi connectivity index (χ4n) is 3.61. The van der Waals surface area contributed by atoms with Crippen LogP contribution in [0.3, 0.4) is 0 Å². The third-order valence-corrected chi connectivity index (χ3v) is 5.10. The first-order valence-corrected chi connectivity index (χ1v) is 10.3. The molecule has 2 aromatic carbocycles. The first kappa shape index (κ1) is 22.7. The summed E-state index contributed by atoms with van der Waals surface area (Å²) in [5, 5.41) is 1.56. The smallest absolute Gasteiger partial charge is 0.267 e. The number of carbonyl (C=O) groups is 2. The van der Waals surface area contributed by atoms with Crippen LogP contribution >= 0.6 is 0 Å². The van der Waals surface area contributed by atoms with Gasteiger partial charge in [0.25, 0.3) is 11.8 Å². The first-order chi connectivity index (χ1) is 13.5. The third kappa shape index (κ3) is 5.93. The Hall–Kier alpha value is -2.62. The van der Waals surface area contributed by atoms with E-state index in [1.165, 1.54) is 0 Å². The van der Waals surface area contributed by atoms with E-state index in [-0.39, 0.29) is 23.3 Å². The number of benzene rings is 2. The number of amides is 2. The average molecular weight is 395 g/mol. The van der Waals surface area contributed by atoms with E-state index in [4.69, 9.17) is 0 Å². The highest BCUT2D eigenvalue weighted by atomic mass is 16.2. The number of rotatable bonds is 5. The van der Waals surface area contributed by atoms with Crippen molar-refractivity contribution >= 4 is 11.8 Å². The van der Waals surface area contributed by atoms with Crippen molar-refractivity contribution < 1.29 is 9.59 Å². The Morgan fingerprint density at radius 1 is 0.897 bits per heavy atom. The van der Waals surface area contributed by atoms with Crippen molar-refractivity contribution in [3.05, 3.63) is 70.3 Å². The van der Waals surface area contributed by atoms with Crippen LogP contribution in [0.2, 0.25) is 0 Å². The summed E-state index contributed by atoms with van der Waals surface area (Å²) in [4.78, 5) is 26.5. The lowest BCUT2D eigenvalue weighted by Crippen LogP contribution is -2.56. The van der Waals surface area contributed by atoms with E-state index >= 15 is 0 Å². The van der Waals surface area contributed by atoms with E-state index in [0.29, 0.717) is 11.1 Å². The molecule has 4 heteroatoms. The summed E-state index contributed by atoms with van der Waals surface area (Å²) in [6, 6.07) is 13.1. The SMILES string of the molecule is CCC[C@@H](N(NC(=O)c1ccc(C)cc1)C(=O)c1cc(C)cc(C)c1)C(C)(C)C. The Kier molecular flexibility index (Phi) is 7.23. The molecule has 1 atom stereocenters. The van der Waals surface area contributed by atoms with Crippen molar-refractivity contribution in [1.29, 1.82) is 0 Å². The van der Waals surface area contributed by atoms with Gasteiger partial charge < -0.3 is 0 Å². The molecule has 0 radical (unpaired) electrons. The Bertz CT molecular complexity index is 843. The van der Waals surface area contributed by atoms with Gasteiger partial charge >= 0.3 is 0 Å². The van der Waals surface area contributed by atoms with Crippen LogP contribution in [0.4, 0.5) is 0 Å². The zero-order valence-electron chi connectivity index (χ0n) is 18.8. The Balaban J connectivity index is 2.45. The normalized spacial score (nSPS) is 12.4. The Labute approximate surface area is 175 Å². The van der Waals surface area contributed by atoms with E-state index in [2.05, 4.69) is 33.1 Å². The van der Waals surface area contributed by atoms with Gasteiger partial charge in [-0.3, -0.25) is 15.0 Å². The maximum Gasteiger partial charge on any atom is 0.272 e. The second-order valence-electron chi connectivity index (χ2n) is 9.03. The van der Waals surface area contributed by atoms with Gasteiger partial charge in [-0.15, -0.1) is 0 Å². The summed E-state index contributed by atoms with van der Waals surface area (Å²) < 4.78 is 0. The van der Waals surface area contributed by atoms with Crippen LogP contribution in [0.5, 0.6) is 0 Å². The Morgan fingerprint density at radius 2 is 1.45 bits per heavy atom. The molecule has 0 aliphatic carbocycles. The molecule has 0 aliphatic rings. The molecule has 0 saturated carbocycles. The number of nitrogens with one attached hydrogen (secondary N) is 1. The largest absolute Gasteiger partial charge is 0.272 e. The van der Waals surface area contributed by atoms with Crippen LogP contribution < -0.4 is 5.43 Å². The van der Waals surface area contributed by atoms with Crippen molar-refractivity contribution in [2.75, 3.05) is 0 Å². The van der Waals surface area contributed by atoms with Crippen molar-refractivity contribution in [3.63, 3.8) is 0 Å². The second kappa shape index (κ2) is 9.25. The molecule has 0 unspecified atom stereocenters. The minimum Gasteiger partial charge on any atom is -0.267 e. The number of carbonyl (C=O) groups excluding carboxylic acids is 2. The average Bonchev–Trinajstić information content (AvgIpc) is 2.62. The predicted octanol–water partition coefficient (Wildman–Crippen LogP) is 5.61. The molecule has 29 heavy (non-hydrogen) atoms. The molecule has 2 aromatic rings. The number of hydrogen-bond acceptors (Lipinski definition) is 2. The molecule has 2 amide bonds. The molecule has 4 nitrogen and oxygen atoms in total. The lowest BCUT2D eigenvalue weighted by molar-refractivity contribution is 0.0271. The minimum absolute atomic E-state index is 0.129. The Morgan fingerprint density at radius 3 is 1.93 bits per heavy atom. The molecular formula is C25H34N2O2. The van der Waals surface area contributed by atoms with Crippen molar-refractivity contribution in [3.8, 4) is 0 Å². The van der Waals surface area contributed by atoms with Gasteiger partial charge in [0, 0.05) is 11.1 Å². The monoisotopic (exact) mass is 394 g/mol. The van der Waals surface area contributed by atoms with Gasteiger partial charge in [-0.25, -0.2) is 5.01 Å². The number of nitrogens with zero attached hydrogens (tertiary/aromatic N) is 1. The van der Waals surface area contributed by atoms with Gasteiger partial charge in [0.1, 0.15) is 0 Å². The molecule has 0 saturated heterocycles. The topological polar surface area (TPSA) is 49.4 Å². The molecule has 1 N–H and O–H groups in total. The van der Waals surface area contributed by atoms with Crippen LogP contribution in [-0.2, 0) is 0 Å². The van der Waals surface area contributed by atoms with Crippen LogP contribution in [0.15, 0.2) is 42.5 Å². The number of hydrazine groups is 1. The summed E-state index contributed by atoms with van der Waals surface area (Å²) in [7, 11) is 0. The molecule has 0 heterocycles. The third-order valence-electron chi connectivity index (χ3n) is 5.10. The maximum atomic E-state index is 13.5. The molecule has 156 valence electrons.